The summed E-state index contributed by atoms with van der Waals surface area (Å²) < 4.78 is 0. The second-order valence-corrected chi connectivity index (χ2v) is 4.18. The molecule has 1 aromatic rings. The van der Waals surface area contributed by atoms with Gasteiger partial charge in [-0.05, 0) is 18.1 Å². The van der Waals surface area contributed by atoms with E-state index in [1.807, 2.05) is 44.2 Å². The van der Waals surface area contributed by atoms with E-state index < -0.39 is 0 Å². The molecular weight excluding hydrogens is 212 g/mol. The second kappa shape index (κ2) is 6.72. The molecule has 90 valence electrons. The SMILES string of the molecule is C#CC(NCC(=O)Nc1ccccc1)C(C)C. The molecular formula is C14H18N2O. The average Bonchev–Trinajstić information content (AvgIpc) is 2.30. The van der Waals surface area contributed by atoms with Crippen molar-refractivity contribution in [3.8, 4) is 12.3 Å². The van der Waals surface area contributed by atoms with Crippen LogP contribution in [0.5, 0.6) is 0 Å². The first-order valence-corrected chi connectivity index (χ1v) is 5.68. The van der Waals surface area contributed by atoms with Crippen molar-refractivity contribution in [2.45, 2.75) is 19.9 Å². The van der Waals surface area contributed by atoms with E-state index in [1.165, 1.54) is 0 Å². The standard InChI is InChI=1S/C14H18N2O/c1-4-13(11(2)3)15-10-14(17)16-12-8-6-5-7-9-12/h1,5-9,11,13,15H,10H2,2-3H3,(H,16,17). The highest BCUT2D eigenvalue weighted by Gasteiger charge is 2.10. The molecule has 1 amide bonds. The van der Waals surface area contributed by atoms with Crippen molar-refractivity contribution in [1.82, 2.24) is 5.32 Å². The maximum Gasteiger partial charge on any atom is 0.238 e. The van der Waals surface area contributed by atoms with Crippen molar-refractivity contribution in [3.63, 3.8) is 0 Å². The van der Waals surface area contributed by atoms with E-state index in [4.69, 9.17) is 6.42 Å². The van der Waals surface area contributed by atoms with E-state index in [-0.39, 0.29) is 18.5 Å². The Balaban J connectivity index is 2.39. The summed E-state index contributed by atoms with van der Waals surface area (Å²) >= 11 is 0. The summed E-state index contributed by atoms with van der Waals surface area (Å²) in [5.41, 5.74) is 0.793. The molecule has 0 aliphatic carbocycles. The zero-order valence-electron chi connectivity index (χ0n) is 10.2. The van der Waals surface area contributed by atoms with Crippen molar-refractivity contribution in [2.24, 2.45) is 5.92 Å². The van der Waals surface area contributed by atoms with Crippen molar-refractivity contribution in [3.05, 3.63) is 30.3 Å². The van der Waals surface area contributed by atoms with Crippen LogP contribution in [0.4, 0.5) is 5.69 Å². The normalized spacial score (nSPS) is 11.9. The van der Waals surface area contributed by atoms with E-state index in [0.717, 1.165) is 5.69 Å². The Morgan fingerprint density at radius 2 is 2.00 bits per heavy atom. The summed E-state index contributed by atoms with van der Waals surface area (Å²) in [5, 5.41) is 5.83. The van der Waals surface area contributed by atoms with Crippen LogP contribution >= 0.6 is 0 Å². The molecule has 2 N–H and O–H groups in total. The summed E-state index contributed by atoms with van der Waals surface area (Å²) in [4.78, 5) is 11.6. The Hall–Kier alpha value is -1.79. The van der Waals surface area contributed by atoms with E-state index in [9.17, 15) is 4.79 Å². The van der Waals surface area contributed by atoms with Gasteiger partial charge in [-0.15, -0.1) is 6.42 Å². The lowest BCUT2D eigenvalue weighted by molar-refractivity contribution is -0.115. The van der Waals surface area contributed by atoms with Crippen LogP contribution in [0.3, 0.4) is 0 Å². The van der Waals surface area contributed by atoms with Gasteiger partial charge in [-0.1, -0.05) is 38.0 Å². The highest BCUT2D eigenvalue weighted by Crippen LogP contribution is 2.04. The highest BCUT2D eigenvalue weighted by atomic mass is 16.1. The predicted molar refractivity (Wildman–Crippen MR) is 70.5 cm³/mol. The molecule has 0 aliphatic rings. The molecule has 17 heavy (non-hydrogen) atoms. The number of benzene rings is 1. The molecule has 0 bridgehead atoms. The van der Waals surface area contributed by atoms with Crippen molar-refractivity contribution in [2.75, 3.05) is 11.9 Å². The van der Waals surface area contributed by atoms with Crippen LogP contribution in [0.1, 0.15) is 13.8 Å². The summed E-state index contributed by atoms with van der Waals surface area (Å²) in [7, 11) is 0. The lowest BCUT2D eigenvalue weighted by Gasteiger charge is -2.16. The fourth-order valence-electron chi connectivity index (χ4n) is 1.42. The number of hydrogen-bond donors (Lipinski definition) is 2. The number of rotatable bonds is 5. The number of hydrogen-bond acceptors (Lipinski definition) is 2. The smallest absolute Gasteiger partial charge is 0.238 e. The summed E-state index contributed by atoms with van der Waals surface area (Å²) in [5.74, 6) is 2.85. The van der Waals surface area contributed by atoms with Gasteiger partial charge in [0.2, 0.25) is 5.91 Å². The first kappa shape index (κ1) is 13.3. The maximum absolute atomic E-state index is 11.6. The Bertz CT molecular complexity index is 392. The summed E-state index contributed by atoms with van der Waals surface area (Å²) in [6, 6.07) is 9.28. The van der Waals surface area contributed by atoms with E-state index >= 15 is 0 Å². The average molecular weight is 230 g/mol. The fourth-order valence-corrected chi connectivity index (χ4v) is 1.42. The number of carbonyl (C=O) groups excluding carboxylic acids is 1. The third kappa shape index (κ3) is 4.71. The molecule has 0 aromatic heterocycles. The molecule has 1 atom stereocenters. The van der Waals surface area contributed by atoms with Gasteiger partial charge in [0.05, 0.1) is 12.6 Å². The Morgan fingerprint density at radius 3 is 2.53 bits per heavy atom. The van der Waals surface area contributed by atoms with Crippen LogP contribution in [0.2, 0.25) is 0 Å². The molecule has 3 heteroatoms. The summed E-state index contributed by atoms with van der Waals surface area (Å²) in [6.45, 7) is 4.27. The minimum absolute atomic E-state index is 0.0727. The van der Waals surface area contributed by atoms with Crippen LogP contribution in [-0.2, 0) is 4.79 Å². The van der Waals surface area contributed by atoms with Crippen LogP contribution in [0, 0.1) is 18.3 Å². The second-order valence-electron chi connectivity index (χ2n) is 4.18. The van der Waals surface area contributed by atoms with Crippen LogP contribution in [0.15, 0.2) is 30.3 Å². The van der Waals surface area contributed by atoms with Gasteiger partial charge in [0, 0.05) is 5.69 Å². The monoisotopic (exact) mass is 230 g/mol. The van der Waals surface area contributed by atoms with E-state index in [2.05, 4.69) is 16.6 Å². The molecule has 0 heterocycles. The van der Waals surface area contributed by atoms with Gasteiger partial charge in [-0.25, -0.2) is 0 Å². The van der Waals surface area contributed by atoms with Gasteiger partial charge in [-0.2, -0.15) is 0 Å². The Kier molecular flexibility index (Phi) is 5.25. The fraction of sp³-hybridized carbons (Fsp3) is 0.357. The molecule has 3 nitrogen and oxygen atoms in total. The summed E-state index contributed by atoms with van der Waals surface area (Å²) in [6.07, 6.45) is 5.37. The largest absolute Gasteiger partial charge is 0.325 e. The zero-order chi connectivity index (χ0) is 12.7. The Morgan fingerprint density at radius 1 is 1.35 bits per heavy atom. The first-order chi connectivity index (χ1) is 8.13. The zero-order valence-corrected chi connectivity index (χ0v) is 10.2. The van der Waals surface area contributed by atoms with Gasteiger partial charge in [-0.3, -0.25) is 10.1 Å². The van der Waals surface area contributed by atoms with Crippen molar-refractivity contribution < 1.29 is 4.79 Å². The van der Waals surface area contributed by atoms with Gasteiger partial charge >= 0.3 is 0 Å². The van der Waals surface area contributed by atoms with Gasteiger partial charge < -0.3 is 5.32 Å². The molecule has 0 aliphatic heterocycles. The number of para-hydroxylation sites is 1. The number of carbonyl (C=O) groups is 1. The maximum atomic E-state index is 11.6. The quantitative estimate of drug-likeness (QED) is 0.758. The lowest BCUT2D eigenvalue weighted by Crippen LogP contribution is -2.38. The third-order valence-electron chi connectivity index (χ3n) is 2.39. The number of terminal acetylenes is 1. The van der Waals surface area contributed by atoms with Gasteiger partial charge in [0.1, 0.15) is 0 Å². The van der Waals surface area contributed by atoms with E-state index in [0.29, 0.717) is 5.92 Å². The van der Waals surface area contributed by atoms with Crippen molar-refractivity contribution in [1.29, 1.82) is 0 Å². The van der Waals surface area contributed by atoms with E-state index in [1.54, 1.807) is 0 Å². The molecule has 1 aromatic carbocycles. The van der Waals surface area contributed by atoms with Gasteiger partial charge in [0.15, 0.2) is 0 Å². The third-order valence-corrected chi connectivity index (χ3v) is 2.39. The number of anilines is 1. The van der Waals surface area contributed by atoms with Crippen LogP contribution in [0.25, 0.3) is 0 Å². The lowest BCUT2D eigenvalue weighted by atomic mass is 10.1. The molecule has 0 fully saturated rings. The molecule has 0 saturated carbocycles. The van der Waals surface area contributed by atoms with Crippen molar-refractivity contribution >= 4 is 11.6 Å². The molecule has 0 radical (unpaired) electrons. The minimum Gasteiger partial charge on any atom is -0.325 e. The van der Waals surface area contributed by atoms with Gasteiger partial charge in [0.25, 0.3) is 0 Å². The van der Waals surface area contributed by atoms with Crippen LogP contribution in [-0.4, -0.2) is 18.5 Å². The first-order valence-electron chi connectivity index (χ1n) is 5.68. The molecule has 0 spiro atoms. The predicted octanol–water partition coefficient (Wildman–Crippen LogP) is 1.87. The van der Waals surface area contributed by atoms with Crippen LogP contribution < -0.4 is 10.6 Å². The Labute approximate surface area is 103 Å². The minimum atomic E-state index is -0.0860. The molecule has 1 unspecified atom stereocenters. The molecule has 1 rings (SSSR count). The number of nitrogens with one attached hydrogen (secondary N) is 2. The highest BCUT2D eigenvalue weighted by molar-refractivity contribution is 5.92. The molecule has 0 saturated heterocycles. The number of amides is 1. The topological polar surface area (TPSA) is 41.1 Å².